The Hall–Kier alpha value is -2.49. The molecule has 0 aliphatic heterocycles. The molecule has 1 unspecified atom stereocenters. The van der Waals surface area contributed by atoms with E-state index in [4.69, 9.17) is 9.47 Å². The third-order valence-corrected chi connectivity index (χ3v) is 2.92. The number of nitrogens with one attached hydrogen (secondary N) is 1. The minimum Gasteiger partial charge on any atom is -0.481 e. The molecule has 0 saturated heterocycles. The van der Waals surface area contributed by atoms with Gasteiger partial charge in [0.15, 0.2) is 6.10 Å². The van der Waals surface area contributed by atoms with Crippen molar-refractivity contribution in [1.29, 1.82) is 0 Å². The van der Waals surface area contributed by atoms with E-state index in [1.54, 1.807) is 19.1 Å². The van der Waals surface area contributed by atoms with Crippen molar-refractivity contribution in [1.82, 2.24) is 5.32 Å². The van der Waals surface area contributed by atoms with E-state index in [1.165, 1.54) is 0 Å². The molecule has 2 aromatic carbocycles. The minimum atomic E-state index is -0.539. The summed E-state index contributed by atoms with van der Waals surface area (Å²) in [5, 5.41) is 2.82. The number of carbonyl (C=O) groups excluding carboxylic acids is 1. The summed E-state index contributed by atoms with van der Waals surface area (Å²) in [6.07, 6.45) is -0.539. The van der Waals surface area contributed by atoms with Crippen molar-refractivity contribution < 1.29 is 14.3 Å². The summed E-state index contributed by atoms with van der Waals surface area (Å²) in [5.41, 5.74) is 0. The average Bonchev–Trinajstić information content (AvgIpc) is 2.49. The molecular weight excluding hydrogens is 278 g/mol. The zero-order valence-electron chi connectivity index (χ0n) is 13.1. The van der Waals surface area contributed by atoms with Gasteiger partial charge in [-0.05, 0) is 57.2 Å². The van der Waals surface area contributed by atoms with Crippen molar-refractivity contribution in [2.75, 3.05) is 0 Å². The van der Waals surface area contributed by atoms with Crippen molar-refractivity contribution in [3.8, 4) is 17.2 Å². The lowest BCUT2D eigenvalue weighted by molar-refractivity contribution is -0.127. The van der Waals surface area contributed by atoms with Gasteiger partial charge in [0.1, 0.15) is 17.2 Å². The molecule has 0 spiro atoms. The summed E-state index contributed by atoms with van der Waals surface area (Å²) in [7, 11) is 0. The predicted octanol–water partition coefficient (Wildman–Crippen LogP) is 3.77. The molecule has 0 saturated carbocycles. The molecule has 0 aliphatic carbocycles. The maximum atomic E-state index is 11.8. The number of rotatable bonds is 6. The Morgan fingerprint density at radius 3 is 2.00 bits per heavy atom. The van der Waals surface area contributed by atoms with Crippen LogP contribution < -0.4 is 14.8 Å². The van der Waals surface area contributed by atoms with Gasteiger partial charge < -0.3 is 14.8 Å². The molecule has 22 heavy (non-hydrogen) atoms. The van der Waals surface area contributed by atoms with Crippen LogP contribution in [0.4, 0.5) is 0 Å². The second-order valence-electron chi connectivity index (χ2n) is 5.31. The van der Waals surface area contributed by atoms with Crippen LogP contribution in [-0.2, 0) is 4.79 Å². The zero-order chi connectivity index (χ0) is 15.9. The third kappa shape index (κ3) is 4.81. The molecule has 2 rings (SSSR count). The van der Waals surface area contributed by atoms with Crippen molar-refractivity contribution in [3.63, 3.8) is 0 Å². The third-order valence-electron chi connectivity index (χ3n) is 2.92. The van der Waals surface area contributed by atoms with Gasteiger partial charge in [0, 0.05) is 6.04 Å². The number of ether oxygens (including phenoxy) is 2. The first-order valence-electron chi connectivity index (χ1n) is 7.34. The molecule has 4 nitrogen and oxygen atoms in total. The molecule has 0 heterocycles. The monoisotopic (exact) mass is 299 g/mol. The Morgan fingerprint density at radius 2 is 1.41 bits per heavy atom. The summed E-state index contributed by atoms with van der Waals surface area (Å²) in [6, 6.07) is 16.9. The number of benzene rings is 2. The van der Waals surface area contributed by atoms with Crippen molar-refractivity contribution in [2.24, 2.45) is 0 Å². The van der Waals surface area contributed by atoms with Crippen LogP contribution in [0.25, 0.3) is 0 Å². The quantitative estimate of drug-likeness (QED) is 0.883. The minimum absolute atomic E-state index is 0.0974. The van der Waals surface area contributed by atoms with Gasteiger partial charge in [-0.15, -0.1) is 0 Å². The van der Waals surface area contributed by atoms with Crippen LogP contribution in [-0.4, -0.2) is 18.1 Å². The van der Waals surface area contributed by atoms with Crippen molar-refractivity contribution >= 4 is 5.91 Å². The van der Waals surface area contributed by atoms with Crippen LogP contribution in [0.1, 0.15) is 20.8 Å². The molecule has 1 amide bonds. The number of hydrogen-bond acceptors (Lipinski definition) is 3. The van der Waals surface area contributed by atoms with E-state index in [2.05, 4.69) is 5.32 Å². The first-order valence-corrected chi connectivity index (χ1v) is 7.34. The highest BCUT2D eigenvalue weighted by Gasteiger charge is 2.15. The molecule has 0 aliphatic rings. The topological polar surface area (TPSA) is 47.6 Å². The molecule has 116 valence electrons. The zero-order valence-corrected chi connectivity index (χ0v) is 13.1. The molecule has 4 heteroatoms. The lowest BCUT2D eigenvalue weighted by Crippen LogP contribution is -2.39. The van der Waals surface area contributed by atoms with Gasteiger partial charge in [-0.2, -0.15) is 0 Å². The maximum Gasteiger partial charge on any atom is 0.260 e. The standard InChI is InChI=1S/C18H21NO3/c1-13(2)19-18(20)14(3)21-16-9-11-17(12-10-16)22-15-7-5-4-6-8-15/h4-14H,1-3H3,(H,19,20). The smallest absolute Gasteiger partial charge is 0.260 e. The summed E-state index contributed by atoms with van der Waals surface area (Å²) >= 11 is 0. The van der Waals surface area contributed by atoms with Crippen LogP contribution in [0.15, 0.2) is 54.6 Å². The van der Waals surface area contributed by atoms with Crippen LogP contribution in [0.2, 0.25) is 0 Å². The maximum absolute atomic E-state index is 11.8. The van der Waals surface area contributed by atoms with Gasteiger partial charge in [-0.3, -0.25) is 4.79 Å². The highest BCUT2D eigenvalue weighted by molar-refractivity contribution is 5.80. The fourth-order valence-electron chi connectivity index (χ4n) is 1.87. The van der Waals surface area contributed by atoms with E-state index < -0.39 is 6.10 Å². The number of hydrogen-bond donors (Lipinski definition) is 1. The van der Waals surface area contributed by atoms with E-state index in [9.17, 15) is 4.79 Å². The van der Waals surface area contributed by atoms with E-state index in [1.807, 2.05) is 56.3 Å². The Bertz CT molecular complexity index is 593. The molecule has 0 radical (unpaired) electrons. The molecule has 0 aromatic heterocycles. The number of para-hydroxylation sites is 1. The van der Waals surface area contributed by atoms with Crippen LogP contribution in [0.3, 0.4) is 0 Å². The van der Waals surface area contributed by atoms with Gasteiger partial charge in [0.05, 0.1) is 0 Å². The summed E-state index contributed by atoms with van der Waals surface area (Å²) < 4.78 is 11.3. The first kappa shape index (κ1) is 15.9. The lowest BCUT2D eigenvalue weighted by atomic mass is 10.3. The lowest BCUT2D eigenvalue weighted by Gasteiger charge is -2.16. The van der Waals surface area contributed by atoms with Gasteiger partial charge in [0.25, 0.3) is 5.91 Å². The fraction of sp³-hybridized carbons (Fsp3) is 0.278. The van der Waals surface area contributed by atoms with E-state index >= 15 is 0 Å². The summed E-state index contributed by atoms with van der Waals surface area (Å²) in [5.74, 6) is 2.00. The highest BCUT2D eigenvalue weighted by Crippen LogP contribution is 2.23. The largest absolute Gasteiger partial charge is 0.481 e. The fourth-order valence-corrected chi connectivity index (χ4v) is 1.87. The normalized spacial score (nSPS) is 11.8. The Labute approximate surface area is 131 Å². The summed E-state index contributed by atoms with van der Waals surface area (Å²) in [4.78, 5) is 11.8. The van der Waals surface area contributed by atoms with E-state index in [-0.39, 0.29) is 11.9 Å². The molecule has 1 N–H and O–H groups in total. The average molecular weight is 299 g/mol. The molecule has 2 aromatic rings. The van der Waals surface area contributed by atoms with E-state index in [0.29, 0.717) is 5.75 Å². The van der Waals surface area contributed by atoms with E-state index in [0.717, 1.165) is 11.5 Å². The molecule has 1 atom stereocenters. The Kier molecular flexibility index (Phi) is 5.42. The van der Waals surface area contributed by atoms with Crippen LogP contribution in [0, 0.1) is 0 Å². The van der Waals surface area contributed by atoms with Crippen LogP contribution >= 0.6 is 0 Å². The second-order valence-corrected chi connectivity index (χ2v) is 5.31. The predicted molar refractivity (Wildman–Crippen MR) is 86.3 cm³/mol. The molecule has 0 bridgehead atoms. The SMILES string of the molecule is CC(C)NC(=O)C(C)Oc1ccc(Oc2ccccc2)cc1. The first-order chi connectivity index (χ1) is 10.5. The van der Waals surface area contributed by atoms with Gasteiger partial charge >= 0.3 is 0 Å². The van der Waals surface area contributed by atoms with Crippen molar-refractivity contribution in [3.05, 3.63) is 54.6 Å². The Balaban J connectivity index is 1.93. The second kappa shape index (κ2) is 7.50. The van der Waals surface area contributed by atoms with Gasteiger partial charge in [-0.1, -0.05) is 18.2 Å². The Morgan fingerprint density at radius 1 is 0.864 bits per heavy atom. The molecule has 0 fully saturated rings. The van der Waals surface area contributed by atoms with Gasteiger partial charge in [-0.25, -0.2) is 0 Å². The highest BCUT2D eigenvalue weighted by atomic mass is 16.5. The van der Waals surface area contributed by atoms with Crippen LogP contribution in [0.5, 0.6) is 17.2 Å². The van der Waals surface area contributed by atoms with Gasteiger partial charge in [0.2, 0.25) is 0 Å². The van der Waals surface area contributed by atoms with Crippen molar-refractivity contribution in [2.45, 2.75) is 32.9 Å². The number of amides is 1. The summed E-state index contributed by atoms with van der Waals surface area (Å²) in [6.45, 7) is 5.56. The molecular formula is C18H21NO3. The number of carbonyl (C=O) groups is 1.